The number of aliphatic hydroxyl groups excluding tert-OH is 1. The second kappa shape index (κ2) is 5.01. The Morgan fingerprint density at radius 3 is 2.71 bits per heavy atom. The van der Waals surface area contributed by atoms with Gasteiger partial charge >= 0.3 is 0 Å². The molecule has 0 radical (unpaired) electrons. The molecule has 0 aliphatic heterocycles. The molecular formula is C12H18O2. The first-order valence-electron chi connectivity index (χ1n) is 4.95. The monoisotopic (exact) mass is 194 g/mol. The zero-order valence-corrected chi connectivity index (χ0v) is 9.08. The van der Waals surface area contributed by atoms with Crippen molar-refractivity contribution in [1.82, 2.24) is 0 Å². The molecule has 0 bridgehead atoms. The number of ether oxygens (including phenoxy) is 1. The number of aryl methyl sites for hydroxylation is 1. The third kappa shape index (κ3) is 2.74. The van der Waals surface area contributed by atoms with Gasteiger partial charge in [-0.1, -0.05) is 12.1 Å². The van der Waals surface area contributed by atoms with Crippen LogP contribution in [0.4, 0.5) is 0 Å². The SMILES string of the molecule is COc1cccc(C)c1CC[C@H](C)O. The highest BCUT2D eigenvalue weighted by molar-refractivity contribution is 5.39. The van der Waals surface area contributed by atoms with Crippen molar-refractivity contribution in [3.63, 3.8) is 0 Å². The predicted molar refractivity (Wildman–Crippen MR) is 57.7 cm³/mol. The lowest BCUT2D eigenvalue weighted by Crippen LogP contribution is -2.03. The van der Waals surface area contributed by atoms with Crippen molar-refractivity contribution in [1.29, 1.82) is 0 Å². The summed E-state index contributed by atoms with van der Waals surface area (Å²) in [6, 6.07) is 6.02. The van der Waals surface area contributed by atoms with Gasteiger partial charge in [0.25, 0.3) is 0 Å². The third-order valence-electron chi connectivity index (χ3n) is 2.40. The summed E-state index contributed by atoms with van der Waals surface area (Å²) in [4.78, 5) is 0. The zero-order valence-electron chi connectivity index (χ0n) is 9.08. The van der Waals surface area contributed by atoms with Crippen LogP contribution in [0.25, 0.3) is 0 Å². The molecule has 0 fully saturated rings. The summed E-state index contributed by atoms with van der Waals surface area (Å²) in [7, 11) is 1.68. The van der Waals surface area contributed by atoms with Crippen LogP contribution in [-0.2, 0) is 6.42 Å². The van der Waals surface area contributed by atoms with E-state index in [1.807, 2.05) is 19.1 Å². The molecule has 0 amide bonds. The van der Waals surface area contributed by atoms with Gasteiger partial charge in [0.05, 0.1) is 13.2 Å². The highest BCUT2D eigenvalue weighted by atomic mass is 16.5. The van der Waals surface area contributed by atoms with Gasteiger partial charge in [-0.15, -0.1) is 0 Å². The van der Waals surface area contributed by atoms with Crippen LogP contribution in [0.2, 0.25) is 0 Å². The molecule has 0 aromatic heterocycles. The van der Waals surface area contributed by atoms with Gasteiger partial charge in [0.2, 0.25) is 0 Å². The lowest BCUT2D eigenvalue weighted by Gasteiger charge is -2.12. The standard InChI is InChI=1S/C12H18O2/c1-9-5-4-6-12(14-3)11(9)8-7-10(2)13/h4-6,10,13H,7-8H2,1-3H3/t10-/m0/s1. The average molecular weight is 194 g/mol. The van der Waals surface area contributed by atoms with E-state index >= 15 is 0 Å². The normalized spacial score (nSPS) is 12.6. The lowest BCUT2D eigenvalue weighted by molar-refractivity contribution is 0.184. The minimum Gasteiger partial charge on any atom is -0.496 e. The summed E-state index contributed by atoms with van der Waals surface area (Å²) in [5.41, 5.74) is 2.43. The Bertz CT molecular complexity index is 292. The van der Waals surface area contributed by atoms with Gasteiger partial charge in [-0.2, -0.15) is 0 Å². The van der Waals surface area contributed by atoms with Crippen molar-refractivity contribution in [2.24, 2.45) is 0 Å². The molecule has 0 unspecified atom stereocenters. The molecule has 0 spiro atoms. The number of hydrogen-bond donors (Lipinski definition) is 1. The summed E-state index contributed by atoms with van der Waals surface area (Å²) in [5, 5.41) is 9.23. The third-order valence-corrected chi connectivity index (χ3v) is 2.40. The Hall–Kier alpha value is -1.02. The molecule has 1 N–H and O–H groups in total. The Balaban J connectivity index is 2.82. The maximum absolute atomic E-state index is 9.23. The summed E-state index contributed by atoms with van der Waals surface area (Å²) in [5.74, 6) is 0.922. The second-order valence-electron chi connectivity index (χ2n) is 3.64. The Morgan fingerprint density at radius 2 is 2.14 bits per heavy atom. The van der Waals surface area contributed by atoms with E-state index in [-0.39, 0.29) is 6.10 Å². The van der Waals surface area contributed by atoms with Crippen molar-refractivity contribution < 1.29 is 9.84 Å². The molecule has 1 atom stereocenters. The van der Waals surface area contributed by atoms with Crippen LogP contribution in [0.15, 0.2) is 18.2 Å². The van der Waals surface area contributed by atoms with Crippen molar-refractivity contribution in [2.75, 3.05) is 7.11 Å². The second-order valence-corrected chi connectivity index (χ2v) is 3.64. The van der Waals surface area contributed by atoms with Crippen LogP contribution in [0.1, 0.15) is 24.5 Å². The van der Waals surface area contributed by atoms with Gasteiger partial charge in [0, 0.05) is 0 Å². The van der Waals surface area contributed by atoms with E-state index in [1.165, 1.54) is 11.1 Å². The summed E-state index contributed by atoms with van der Waals surface area (Å²) < 4.78 is 5.28. The Kier molecular flexibility index (Phi) is 3.96. The quantitative estimate of drug-likeness (QED) is 0.797. The van der Waals surface area contributed by atoms with Crippen molar-refractivity contribution >= 4 is 0 Å². The van der Waals surface area contributed by atoms with Crippen LogP contribution in [0.5, 0.6) is 5.75 Å². The Morgan fingerprint density at radius 1 is 1.43 bits per heavy atom. The van der Waals surface area contributed by atoms with E-state index in [0.717, 1.165) is 18.6 Å². The van der Waals surface area contributed by atoms with Gasteiger partial charge in [0.15, 0.2) is 0 Å². The van der Waals surface area contributed by atoms with Gasteiger partial charge in [-0.3, -0.25) is 0 Å². The largest absolute Gasteiger partial charge is 0.496 e. The molecule has 78 valence electrons. The number of benzene rings is 1. The average Bonchev–Trinajstić information content (AvgIpc) is 2.15. The fourth-order valence-electron chi connectivity index (χ4n) is 1.54. The van der Waals surface area contributed by atoms with Gasteiger partial charge in [-0.05, 0) is 43.9 Å². The maximum atomic E-state index is 9.23. The molecule has 1 aromatic rings. The zero-order chi connectivity index (χ0) is 10.6. The molecule has 0 aliphatic rings. The highest BCUT2D eigenvalue weighted by Gasteiger charge is 2.06. The molecule has 0 saturated carbocycles. The Labute approximate surface area is 85.5 Å². The van der Waals surface area contributed by atoms with E-state index in [2.05, 4.69) is 13.0 Å². The van der Waals surface area contributed by atoms with Crippen LogP contribution in [0.3, 0.4) is 0 Å². The number of methoxy groups -OCH3 is 1. The lowest BCUT2D eigenvalue weighted by atomic mass is 10.0. The number of rotatable bonds is 4. The molecule has 0 aliphatic carbocycles. The van der Waals surface area contributed by atoms with Crippen molar-refractivity contribution in [3.8, 4) is 5.75 Å². The van der Waals surface area contributed by atoms with Crippen LogP contribution >= 0.6 is 0 Å². The van der Waals surface area contributed by atoms with Crippen LogP contribution < -0.4 is 4.74 Å². The first kappa shape index (κ1) is 11.1. The number of aliphatic hydroxyl groups is 1. The number of hydrogen-bond acceptors (Lipinski definition) is 2. The van der Waals surface area contributed by atoms with Crippen LogP contribution in [0, 0.1) is 6.92 Å². The van der Waals surface area contributed by atoms with Gasteiger partial charge in [0.1, 0.15) is 5.75 Å². The fraction of sp³-hybridized carbons (Fsp3) is 0.500. The maximum Gasteiger partial charge on any atom is 0.122 e. The van der Waals surface area contributed by atoms with E-state index in [4.69, 9.17) is 4.74 Å². The van der Waals surface area contributed by atoms with Gasteiger partial charge in [-0.25, -0.2) is 0 Å². The van der Waals surface area contributed by atoms with Crippen molar-refractivity contribution in [3.05, 3.63) is 29.3 Å². The fourth-order valence-corrected chi connectivity index (χ4v) is 1.54. The highest BCUT2D eigenvalue weighted by Crippen LogP contribution is 2.23. The minimum absolute atomic E-state index is 0.251. The molecular weight excluding hydrogens is 176 g/mol. The van der Waals surface area contributed by atoms with E-state index in [1.54, 1.807) is 7.11 Å². The minimum atomic E-state index is -0.251. The summed E-state index contributed by atoms with van der Waals surface area (Å²) in [6.07, 6.45) is 1.40. The molecule has 0 heterocycles. The smallest absolute Gasteiger partial charge is 0.122 e. The molecule has 14 heavy (non-hydrogen) atoms. The predicted octanol–water partition coefficient (Wildman–Crippen LogP) is 2.32. The van der Waals surface area contributed by atoms with Gasteiger partial charge < -0.3 is 9.84 Å². The first-order valence-corrected chi connectivity index (χ1v) is 4.95. The molecule has 1 aromatic carbocycles. The van der Waals surface area contributed by atoms with Crippen LogP contribution in [-0.4, -0.2) is 18.3 Å². The summed E-state index contributed by atoms with van der Waals surface area (Å²) >= 11 is 0. The summed E-state index contributed by atoms with van der Waals surface area (Å²) in [6.45, 7) is 3.88. The topological polar surface area (TPSA) is 29.5 Å². The van der Waals surface area contributed by atoms with E-state index in [0.29, 0.717) is 0 Å². The van der Waals surface area contributed by atoms with E-state index in [9.17, 15) is 5.11 Å². The van der Waals surface area contributed by atoms with E-state index < -0.39 is 0 Å². The molecule has 2 heteroatoms. The molecule has 0 saturated heterocycles. The van der Waals surface area contributed by atoms with Crippen molar-refractivity contribution in [2.45, 2.75) is 32.8 Å². The molecule has 2 nitrogen and oxygen atoms in total. The molecule has 1 rings (SSSR count). The first-order chi connectivity index (χ1) is 6.65.